The molecule has 1 fully saturated rings. The van der Waals surface area contributed by atoms with Crippen molar-refractivity contribution in [2.75, 3.05) is 19.8 Å². The van der Waals surface area contributed by atoms with Crippen LogP contribution in [-0.2, 0) is 11.8 Å². The smallest absolute Gasteiger partial charge is 0.0888 e. The molecule has 1 aliphatic rings. The van der Waals surface area contributed by atoms with Crippen LogP contribution in [0.5, 0.6) is 0 Å². The Labute approximate surface area is 113 Å². The number of hydrogen-bond acceptors (Lipinski definition) is 3. The first kappa shape index (κ1) is 13.6. The average molecular weight is 270 g/mol. The van der Waals surface area contributed by atoms with Gasteiger partial charge in [-0.1, -0.05) is 17.2 Å². The maximum absolute atomic E-state index is 6.23. The number of halogens is 1. The third kappa shape index (κ3) is 3.13. The molecular weight excluding hydrogens is 250 g/mol. The van der Waals surface area contributed by atoms with Gasteiger partial charge in [-0.05, 0) is 26.3 Å². The van der Waals surface area contributed by atoms with E-state index in [2.05, 4.69) is 23.4 Å². The molecule has 1 saturated heterocycles. The van der Waals surface area contributed by atoms with Crippen LogP contribution >= 0.6 is 11.6 Å². The molecule has 1 N–H and O–H groups in total. The number of nitrogens with one attached hydrogen (secondary N) is 1. The molecule has 0 bridgehead atoms. The minimum absolute atomic E-state index is 0.406. The number of rotatable bonds is 3. The molecule has 0 aliphatic carbocycles. The van der Waals surface area contributed by atoms with Crippen molar-refractivity contribution < 1.29 is 4.74 Å². The Kier molecular flexibility index (Phi) is 4.43. The Hall–Kier alpha value is -0.840. The third-order valence-electron chi connectivity index (χ3n) is 3.14. The van der Waals surface area contributed by atoms with Crippen molar-refractivity contribution in [3.63, 3.8) is 0 Å². The second-order valence-corrected chi connectivity index (χ2v) is 5.21. The van der Waals surface area contributed by atoms with Gasteiger partial charge in [0.15, 0.2) is 0 Å². The van der Waals surface area contributed by atoms with Crippen molar-refractivity contribution in [1.29, 1.82) is 0 Å². The van der Waals surface area contributed by atoms with Gasteiger partial charge in [0.2, 0.25) is 0 Å². The molecule has 100 valence electrons. The normalized spacial score (nSPS) is 21.3. The Morgan fingerprint density at radius 1 is 1.67 bits per heavy atom. The molecular formula is C13H20ClN3O. The molecule has 5 heteroatoms. The van der Waals surface area contributed by atoms with Crippen LogP contribution in [0.15, 0.2) is 5.57 Å². The maximum atomic E-state index is 6.23. The first-order valence-electron chi connectivity index (χ1n) is 6.25. The summed E-state index contributed by atoms with van der Waals surface area (Å²) in [5, 5.41) is 8.50. The summed E-state index contributed by atoms with van der Waals surface area (Å²) in [5.74, 6) is 0. The van der Waals surface area contributed by atoms with Gasteiger partial charge in [0.25, 0.3) is 0 Å². The standard InChI is InChI=1S/C13H20ClN3O/c1-9(6-11-8-18-5-4-15-11)7-12-13(14)10(2)16-17(12)3/h7,11,15H,4-6,8H2,1-3H3. The van der Waals surface area contributed by atoms with Crippen LogP contribution in [0.4, 0.5) is 0 Å². The average Bonchev–Trinajstić information content (AvgIpc) is 2.57. The van der Waals surface area contributed by atoms with E-state index >= 15 is 0 Å². The molecule has 2 heterocycles. The van der Waals surface area contributed by atoms with E-state index in [1.807, 2.05) is 18.7 Å². The molecule has 1 aliphatic heterocycles. The van der Waals surface area contributed by atoms with Crippen LogP contribution in [0.1, 0.15) is 24.7 Å². The summed E-state index contributed by atoms with van der Waals surface area (Å²) in [6.07, 6.45) is 3.08. The summed E-state index contributed by atoms with van der Waals surface area (Å²) in [7, 11) is 1.92. The van der Waals surface area contributed by atoms with Gasteiger partial charge in [-0.25, -0.2) is 0 Å². The van der Waals surface area contributed by atoms with Crippen LogP contribution in [0.2, 0.25) is 5.02 Å². The van der Waals surface area contributed by atoms with Gasteiger partial charge < -0.3 is 10.1 Å². The molecule has 0 saturated carbocycles. The Morgan fingerprint density at radius 2 is 2.44 bits per heavy atom. The quantitative estimate of drug-likeness (QED) is 0.914. The zero-order valence-corrected chi connectivity index (χ0v) is 11.9. The number of ether oxygens (including phenoxy) is 1. The van der Waals surface area contributed by atoms with Crippen molar-refractivity contribution in [2.45, 2.75) is 26.3 Å². The molecule has 0 spiro atoms. The molecule has 18 heavy (non-hydrogen) atoms. The molecule has 2 rings (SSSR count). The Morgan fingerprint density at radius 3 is 3.00 bits per heavy atom. The van der Waals surface area contributed by atoms with Gasteiger partial charge in [0, 0.05) is 19.6 Å². The zero-order valence-electron chi connectivity index (χ0n) is 11.2. The number of nitrogens with zero attached hydrogens (tertiary/aromatic N) is 2. The van der Waals surface area contributed by atoms with Crippen LogP contribution in [0, 0.1) is 6.92 Å². The maximum Gasteiger partial charge on any atom is 0.0888 e. The van der Waals surface area contributed by atoms with Gasteiger partial charge in [0.05, 0.1) is 29.6 Å². The lowest BCUT2D eigenvalue weighted by Crippen LogP contribution is -2.41. The van der Waals surface area contributed by atoms with Crippen LogP contribution < -0.4 is 5.32 Å². The van der Waals surface area contributed by atoms with Crippen molar-refractivity contribution in [1.82, 2.24) is 15.1 Å². The minimum Gasteiger partial charge on any atom is -0.379 e. The number of aromatic nitrogens is 2. The van der Waals surface area contributed by atoms with Gasteiger partial charge in [-0.3, -0.25) is 4.68 Å². The fourth-order valence-electron chi connectivity index (χ4n) is 2.24. The Balaban J connectivity index is 2.07. The molecule has 0 radical (unpaired) electrons. The van der Waals surface area contributed by atoms with Crippen LogP contribution in [0.25, 0.3) is 6.08 Å². The fourth-order valence-corrected chi connectivity index (χ4v) is 2.45. The van der Waals surface area contributed by atoms with E-state index in [9.17, 15) is 0 Å². The summed E-state index contributed by atoms with van der Waals surface area (Å²) >= 11 is 6.23. The Bertz CT molecular complexity index is 447. The third-order valence-corrected chi connectivity index (χ3v) is 3.61. The molecule has 1 atom stereocenters. The van der Waals surface area contributed by atoms with Crippen LogP contribution in [0.3, 0.4) is 0 Å². The first-order valence-corrected chi connectivity index (χ1v) is 6.63. The lowest BCUT2D eigenvalue weighted by Gasteiger charge is -2.24. The van der Waals surface area contributed by atoms with Crippen LogP contribution in [-0.4, -0.2) is 35.6 Å². The molecule has 1 aromatic heterocycles. The highest BCUT2D eigenvalue weighted by Crippen LogP contribution is 2.23. The molecule has 0 amide bonds. The predicted molar refractivity (Wildman–Crippen MR) is 73.8 cm³/mol. The summed E-state index contributed by atoms with van der Waals surface area (Å²) in [6.45, 7) is 6.57. The van der Waals surface area contributed by atoms with E-state index in [4.69, 9.17) is 16.3 Å². The van der Waals surface area contributed by atoms with E-state index in [1.54, 1.807) is 0 Å². The second-order valence-electron chi connectivity index (χ2n) is 4.83. The monoisotopic (exact) mass is 269 g/mol. The largest absolute Gasteiger partial charge is 0.379 e. The molecule has 0 aromatic carbocycles. The second kappa shape index (κ2) is 5.87. The lowest BCUT2D eigenvalue weighted by atomic mass is 10.1. The molecule has 1 aromatic rings. The van der Waals surface area contributed by atoms with E-state index in [1.165, 1.54) is 5.57 Å². The van der Waals surface area contributed by atoms with Crippen molar-refractivity contribution in [2.24, 2.45) is 7.05 Å². The van der Waals surface area contributed by atoms with Gasteiger partial charge in [0.1, 0.15) is 0 Å². The van der Waals surface area contributed by atoms with E-state index < -0.39 is 0 Å². The highest BCUT2D eigenvalue weighted by Gasteiger charge is 2.14. The highest BCUT2D eigenvalue weighted by atomic mass is 35.5. The highest BCUT2D eigenvalue weighted by molar-refractivity contribution is 6.32. The number of morpholine rings is 1. The summed E-state index contributed by atoms with van der Waals surface area (Å²) in [6, 6.07) is 0.406. The van der Waals surface area contributed by atoms with Gasteiger partial charge >= 0.3 is 0 Å². The number of hydrogen-bond donors (Lipinski definition) is 1. The molecule has 4 nitrogen and oxygen atoms in total. The summed E-state index contributed by atoms with van der Waals surface area (Å²) in [5.41, 5.74) is 3.13. The lowest BCUT2D eigenvalue weighted by molar-refractivity contribution is 0.0771. The van der Waals surface area contributed by atoms with Crippen molar-refractivity contribution in [3.05, 3.63) is 22.0 Å². The summed E-state index contributed by atoms with van der Waals surface area (Å²) < 4.78 is 7.28. The fraction of sp³-hybridized carbons (Fsp3) is 0.615. The van der Waals surface area contributed by atoms with E-state index in [0.717, 1.165) is 42.6 Å². The van der Waals surface area contributed by atoms with Crippen molar-refractivity contribution in [3.8, 4) is 0 Å². The van der Waals surface area contributed by atoms with Gasteiger partial charge in [-0.15, -0.1) is 0 Å². The summed E-state index contributed by atoms with van der Waals surface area (Å²) in [4.78, 5) is 0. The first-order chi connectivity index (χ1) is 8.58. The zero-order chi connectivity index (χ0) is 13.1. The number of aryl methyl sites for hydroxylation is 2. The van der Waals surface area contributed by atoms with E-state index in [-0.39, 0.29) is 0 Å². The van der Waals surface area contributed by atoms with Gasteiger partial charge in [-0.2, -0.15) is 5.10 Å². The SMILES string of the molecule is CC(=Cc1c(Cl)c(C)nn1C)CC1COCCN1. The topological polar surface area (TPSA) is 39.1 Å². The predicted octanol–water partition coefficient (Wildman–Crippen LogP) is 2.16. The van der Waals surface area contributed by atoms with Crippen molar-refractivity contribution >= 4 is 17.7 Å². The van der Waals surface area contributed by atoms with E-state index in [0.29, 0.717) is 6.04 Å². The minimum atomic E-state index is 0.406. The molecule has 1 unspecified atom stereocenters.